The predicted molar refractivity (Wildman–Crippen MR) is 77.8 cm³/mol. The lowest BCUT2D eigenvalue weighted by atomic mass is 9.89. The van der Waals surface area contributed by atoms with Crippen LogP contribution < -0.4 is 4.74 Å². The highest BCUT2D eigenvalue weighted by Gasteiger charge is 2.42. The van der Waals surface area contributed by atoms with Crippen molar-refractivity contribution in [3.05, 3.63) is 29.3 Å². The molecular weight excluding hydrogens is 254 g/mol. The van der Waals surface area contributed by atoms with E-state index >= 15 is 0 Å². The number of β-amino-alcohol motifs (C(OH)–C–C–N with tert-alkyl or cyclic N) is 1. The van der Waals surface area contributed by atoms with Crippen molar-refractivity contribution >= 4 is 5.91 Å². The zero-order valence-corrected chi connectivity index (χ0v) is 12.5. The molecule has 0 spiro atoms. The van der Waals surface area contributed by atoms with E-state index in [0.717, 1.165) is 29.7 Å². The van der Waals surface area contributed by atoms with Crippen molar-refractivity contribution in [2.24, 2.45) is 0 Å². The van der Waals surface area contributed by atoms with Gasteiger partial charge >= 0.3 is 0 Å². The van der Waals surface area contributed by atoms with Crippen LogP contribution in [0.1, 0.15) is 30.9 Å². The molecule has 110 valence electrons. The maximum absolute atomic E-state index is 12.0. The Bertz CT molecular complexity index is 492. The Morgan fingerprint density at radius 3 is 2.75 bits per heavy atom. The molecule has 0 saturated carbocycles. The zero-order valence-electron chi connectivity index (χ0n) is 12.5. The molecule has 4 nitrogen and oxygen atoms in total. The second-order valence-electron chi connectivity index (χ2n) is 5.78. The van der Waals surface area contributed by atoms with Crippen molar-refractivity contribution in [2.45, 2.75) is 39.2 Å². The number of nitrogens with zero attached hydrogens (tertiary/aromatic N) is 1. The van der Waals surface area contributed by atoms with Crippen LogP contribution in [-0.2, 0) is 4.79 Å². The monoisotopic (exact) mass is 277 g/mol. The summed E-state index contributed by atoms with van der Waals surface area (Å²) in [5.74, 6) is 0.689. The molecule has 2 rings (SSSR count). The minimum Gasteiger partial charge on any atom is -0.483 e. The van der Waals surface area contributed by atoms with E-state index in [1.807, 2.05) is 39.0 Å². The number of aliphatic hydroxyl groups is 1. The van der Waals surface area contributed by atoms with E-state index in [-0.39, 0.29) is 12.5 Å². The Kier molecular flexibility index (Phi) is 4.33. The molecule has 1 aromatic rings. The van der Waals surface area contributed by atoms with Gasteiger partial charge in [0, 0.05) is 0 Å². The summed E-state index contributed by atoms with van der Waals surface area (Å²) < 4.78 is 5.59. The molecule has 1 N–H and O–H groups in total. The third-order valence-electron chi connectivity index (χ3n) is 3.73. The van der Waals surface area contributed by atoms with Gasteiger partial charge in [-0.05, 0) is 37.5 Å². The quantitative estimate of drug-likeness (QED) is 0.896. The van der Waals surface area contributed by atoms with Crippen molar-refractivity contribution in [3.8, 4) is 5.75 Å². The van der Waals surface area contributed by atoms with Gasteiger partial charge in [0.15, 0.2) is 6.61 Å². The molecule has 1 fully saturated rings. The second-order valence-corrected chi connectivity index (χ2v) is 5.78. The van der Waals surface area contributed by atoms with E-state index in [9.17, 15) is 9.90 Å². The molecule has 0 aliphatic carbocycles. The van der Waals surface area contributed by atoms with Crippen LogP contribution in [-0.4, -0.2) is 41.2 Å². The summed E-state index contributed by atoms with van der Waals surface area (Å²) in [6.07, 6.45) is 1.67. The zero-order chi connectivity index (χ0) is 14.8. The number of amides is 1. The Labute approximate surface area is 120 Å². The highest BCUT2D eigenvalue weighted by atomic mass is 16.5. The first kappa shape index (κ1) is 14.9. The van der Waals surface area contributed by atoms with E-state index in [2.05, 4.69) is 0 Å². The molecule has 1 heterocycles. The summed E-state index contributed by atoms with van der Waals surface area (Å²) in [6.45, 7) is 6.88. The molecular formula is C16H23NO3. The van der Waals surface area contributed by atoms with Crippen molar-refractivity contribution in [1.29, 1.82) is 0 Å². The van der Waals surface area contributed by atoms with E-state index < -0.39 is 5.60 Å². The lowest BCUT2D eigenvalue weighted by molar-refractivity contribution is -0.158. The first-order chi connectivity index (χ1) is 9.43. The second kappa shape index (κ2) is 5.83. The van der Waals surface area contributed by atoms with E-state index in [1.54, 1.807) is 4.90 Å². The number of rotatable bonds is 5. The number of carbonyl (C=O) groups is 1. The van der Waals surface area contributed by atoms with Crippen LogP contribution in [0.4, 0.5) is 0 Å². The van der Waals surface area contributed by atoms with E-state index in [0.29, 0.717) is 13.1 Å². The largest absolute Gasteiger partial charge is 0.483 e. The predicted octanol–water partition coefficient (Wildman–Crippen LogP) is 2.06. The van der Waals surface area contributed by atoms with Crippen molar-refractivity contribution in [1.82, 2.24) is 4.90 Å². The Balaban J connectivity index is 1.83. The highest BCUT2D eigenvalue weighted by Crippen LogP contribution is 2.26. The molecule has 1 saturated heterocycles. The summed E-state index contributed by atoms with van der Waals surface area (Å²) in [7, 11) is 0. The van der Waals surface area contributed by atoms with Gasteiger partial charge in [-0.25, -0.2) is 0 Å². The van der Waals surface area contributed by atoms with Gasteiger partial charge in [0.05, 0.1) is 18.7 Å². The Morgan fingerprint density at radius 2 is 2.10 bits per heavy atom. The summed E-state index contributed by atoms with van der Waals surface area (Å²) in [6, 6.07) is 5.94. The standard InChI is InChI=1S/C16H23NO3/c1-4-7-16(19)10-17(11-16)15(18)9-20-14-8-12(2)5-6-13(14)3/h5-6,8,19H,4,7,9-11H2,1-3H3. The first-order valence-corrected chi connectivity index (χ1v) is 7.14. The molecule has 1 amide bonds. The van der Waals surface area contributed by atoms with Crippen LogP contribution in [0, 0.1) is 13.8 Å². The third kappa shape index (κ3) is 3.31. The number of likely N-dealkylation sites (tertiary alicyclic amines) is 1. The third-order valence-corrected chi connectivity index (χ3v) is 3.73. The minimum absolute atomic E-state index is 0.0342. The number of ether oxygens (including phenoxy) is 1. The maximum atomic E-state index is 12.0. The van der Waals surface area contributed by atoms with Gasteiger partial charge in [-0.15, -0.1) is 0 Å². The molecule has 0 unspecified atom stereocenters. The number of aryl methyl sites for hydroxylation is 2. The van der Waals surface area contributed by atoms with E-state index in [4.69, 9.17) is 4.74 Å². The van der Waals surface area contributed by atoms with Crippen molar-refractivity contribution in [3.63, 3.8) is 0 Å². The topological polar surface area (TPSA) is 49.8 Å². The van der Waals surface area contributed by atoms with Gasteiger partial charge in [0.1, 0.15) is 5.75 Å². The maximum Gasteiger partial charge on any atom is 0.260 e. The molecule has 0 aromatic heterocycles. The normalized spacial score (nSPS) is 16.7. The SMILES string of the molecule is CCCC1(O)CN(C(=O)COc2cc(C)ccc2C)C1. The van der Waals surface area contributed by atoms with Gasteiger partial charge in [0.2, 0.25) is 0 Å². The van der Waals surface area contributed by atoms with E-state index in [1.165, 1.54) is 0 Å². The molecule has 0 radical (unpaired) electrons. The Morgan fingerprint density at radius 1 is 1.40 bits per heavy atom. The van der Waals surface area contributed by atoms with Crippen LogP contribution in [0.15, 0.2) is 18.2 Å². The van der Waals surface area contributed by atoms with Crippen LogP contribution in [0.25, 0.3) is 0 Å². The minimum atomic E-state index is -0.677. The Hall–Kier alpha value is -1.55. The molecule has 20 heavy (non-hydrogen) atoms. The van der Waals surface area contributed by atoms with Crippen molar-refractivity contribution < 1.29 is 14.6 Å². The summed E-state index contributed by atoms with van der Waals surface area (Å²) in [5.41, 5.74) is 1.46. The number of carbonyl (C=O) groups excluding carboxylic acids is 1. The highest BCUT2D eigenvalue weighted by molar-refractivity contribution is 5.79. The smallest absolute Gasteiger partial charge is 0.260 e. The summed E-state index contributed by atoms with van der Waals surface area (Å²) in [4.78, 5) is 13.6. The lowest BCUT2D eigenvalue weighted by Gasteiger charge is -2.46. The van der Waals surface area contributed by atoms with Crippen LogP contribution in [0.5, 0.6) is 5.75 Å². The van der Waals surface area contributed by atoms with Gasteiger partial charge in [-0.3, -0.25) is 4.79 Å². The van der Waals surface area contributed by atoms with Crippen molar-refractivity contribution in [2.75, 3.05) is 19.7 Å². The first-order valence-electron chi connectivity index (χ1n) is 7.14. The van der Waals surface area contributed by atoms with Gasteiger partial charge < -0.3 is 14.7 Å². The fourth-order valence-corrected chi connectivity index (χ4v) is 2.56. The summed E-state index contributed by atoms with van der Waals surface area (Å²) in [5, 5.41) is 10.1. The average molecular weight is 277 g/mol. The van der Waals surface area contributed by atoms with Crippen LogP contribution in [0.3, 0.4) is 0 Å². The van der Waals surface area contributed by atoms with Gasteiger partial charge in [0.25, 0.3) is 5.91 Å². The van der Waals surface area contributed by atoms with Gasteiger partial charge in [-0.2, -0.15) is 0 Å². The molecule has 1 aromatic carbocycles. The average Bonchev–Trinajstić information content (AvgIpc) is 2.37. The summed E-state index contributed by atoms with van der Waals surface area (Å²) >= 11 is 0. The molecule has 1 aliphatic heterocycles. The number of hydrogen-bond acceptors (Lipinski definition) is 3. The lowest BCUT2D eigenvalue weighted by Crippen LogP contribution is -2.64. The van der Waals surface area contributed by atoms with Crippen LogP contribution >= 0.6 is 0 Å². The number of hydrogen-bond donors (Lipinski definition) is 1. The molecule has 4 heteroatoms. The molecule has 0 atom stereocenters. The molecule has 1 aliphatic rings. The van der Waals surface area contributed by atoms with Crippen LogP contribution in [0.2, 0.25) is 0 Å². The van der Waals surface area contributed by atoms with Gasteiger partial charge in [-0.1, -0.05) is 25.5 Å². The fraction of sp³-hybridized carbons (Fsp3) is 0.562. The number of benzene rings is 1. The molecule has 0 bridgehead atoms. The fourth-order valence-electron chi connectivity index (χ4n) is 2.56.